The summed E-state index contributed by atoms with van der Waals surface area (Å²) >= 11 is 0. The monoisotopic (exact) mass is 399 g/mol. The molecule has 0 aliphatic rings. The second-order valence-electron chi connectivity index (χ2n) is 6.93. The summed E-state index contributed by atoms with van der Waals surface area (Å²) in [6, 6.07) is 23.7. The number of anilines is 1. The SMILES string of the molecule is C[C@H](C(=O)Nc1ccc(OCc2ccccc2)cc1)n1ncc(=O)c2ccccc21. The van der Waals surface area contributed by atoms with E-state index in [1.165, 1.54) is 6.20 Å². The molecular formula is C24H21N3O3. The van der Waals surface area contributed by atoms with Crippen molar-refractivity contribution in [1.82, 2.24) is 9.78 Å². The maximum Gasteiger partial charge on any atom is 0.248 e. The number of para-hydroxylation sites is 1. The third-order valence-electron chi connectivity index (χ3n) is 4.83. The van der Waals surface area contributed by atoms with Crippen LogP contribution in [0.5, 0.6) is 5.75 Å². The van der Waals surface area contributed by atoms with E-state index < -0.39 is 6.04 Å². The standard InChI is InChI=1S/C24H21N3O3/c1-17(27-22-10-6-5-9-21(22)23(28)15-25-27)24(29)26-19-11-13-20(14-12-19)30-16-18-7-3-2-4-8-18/h2-15,17H,16H2,1H3,(H,26,29)/t17-/m1/s1. The Kier molecular flexibility index (Phi) is 5.57. The molecule has 4 rings (SSSR count). The number of amides is 1. The van der Waals surface area contributed by atoms with Gasteiger partial charge in [0.2, 0.25) is 11.3 Å². The first-order valence-electron chi connectivity index (χ1n) is 9.66. The van der Waals surface area contributed by atoms with Gasteiger partial charge >= 0.3 is 0 Å². The number of carbonyl (C=O) groups excluding carboxylic acids is 1. The number of hydrogen-bond acceptors (Lipinski definition) is 4. The summed E-state index contributed by atoms with van der Waals surface area (Å²) in [4.78, 5) is 24.8. The molecular weight excluding hydrogens is 378 g/mol. The van der Waals surface area contributed by atoms with Gasteiger partial charge < -0.3 is 10.1 Å². The van der Waals surface area contributed by atoms with Crippen LogP contribution in [0.3, 0.4) is 0 Å². The zero-order valence-electron chi connectivity index (χ0n) is 16.5. The summed E-state index contributed by atoms with van der Waals surface area (Å²) < 4.78 is 7.33. The van der Waals surface area contributed by atoms with Crippen LogP contribution in [0, 0.1) is 0 Å². The van der Waals surface area contributed by atoms with Crippen LogP contribution in [-0.4, -0.2) is 15.7 Å². The molecule has 30 heavy (non-hydrogen) atoms. The Morgan fingerprint density at radius 1 is 1.00 bits per heavy atom. The first-order chi connectivity index (χ1) is 14.6. The summed E-state index contributed by atoms with van der Waals surface area (Å²) in [5.41, 5.74) is 2.20. The Balaban J connectivity index is 1.44. The molecule has 1 atom stereocenters. The van der Waals surface area contributed by atoms with Crippen LogP contribution >= 0.6 is 0 Å². The molecule has 0 radical (unpaired) electrons. The second kappa shape index (κ2) is 8.61. The van der Waals surface area contributed by atoms with Crippen LogP contribution in [0.4, 0.5) is 5.69 Å². The summed E-state index contributed by atoms with van der Waals surface area (Å²) in [5, 5.41) is 7.58. The van der Waals surface area contributed by atoms with E-state index in [-0.39, 0.29) is 11.3 Å². The van der Waals surface area contributed by atoms with Gasteiger partial charge in [-0.05, 0) is 48.9 Å². The van der Waals surface area contributed by atoms with E-state index in [9.17, 15) is 9.59 Å². The van der Waals surface area contributed by atoms with Crippen molar-refractivity contribution >= 4 is 22.5 Å². The van der Waals surface area contributed by atoms with Crippen LogP contribution < -0.4 is 15.5 Å². The lowest BCUT2D eigenvalue weighted by Gasteiger charge is -2.17. The Hall–Kier alpha value is -3.93. The summed E-state index contributed by atoms with van der Waals surface area (Å²) in [7, 11) is 0. The number of aromatic nitrogens is 2. The number of rotatable bonds is 6. The fraction of sp³-hybridized carbons (Fsp3) is 0.125. The predicted molar refractivity (Wildman–Crippen MR) is 117 cm³/mol. The highest BCUT2D eigenvalue weighted by atomic mass is 16.5. The first-order valence-corrected chi connectivity index (χ1v) is 9.66. The fourth-order valence-corrected chi connectivity index (χ4v) is 3.17. The van der Waals surface area contributed by atoms with Crippen LogP contribution in [0.1, 0.15) is 18.5 Å². The number of fused-ring (bicyclic) bond motifs is 1. The average Bonchev–Trinajstić information content (AvgIpc) is 2.79. The highest BCUT2D eigenvalue weighted by Gasteiger charge is 2.18. The molecule has 6 nitrogen and oxygen atoms in total. The normalized spacial score (nSPS) is 11.8. The van der Waals surface area contributed by atoms with Gasteiger partial charge in [-0.3, -0.25) is 14.3 Å². The van der Waals surface area contributed by atoms with E-state index in [0.717, 1.165) is 11.3 Å². The molecule has 1 N–H and O–H groups in total. The quantitative estimate of drug-likeness (QED) is 0.528. The van der Waals surface area contributed by atoms with E-state index in [2.05, 4.69) is 10.4 Å². The van der Waals surface area contributed by atoms with Gasteiger partial charge in [0.25, 0.3) is 0 Å². The molecule has 0 saturated carbocycles. The molecule has 0 bridgehead atoms. The summed E-state index contributed by atoms with van der Waals surface area (Å²) in [5.74, 6) is 0.493. The van der Waals surface area contributed by atoms with Crippen LogP contribution in [0.2, 0.25) is 0 Å². The third-order valence-corrected chi connectivity index (χ3v) is 4.83. The van der Waals surface area contributed by atoms with Gasteiger partial charge in [-0.2, -0.15) is 5.10 Å². The highest BCUT2D eigenvalue weighted by Crippen LogP contribution is 2.19. The smallest absolute Gasteiger partial charge is 0.248 e. The van der Waals surface area contributed by atoms with E-state index in [1.807, 2.05) is 48.5 Å². The Labute approximate surface area is 173 Å². The largest absolute Gasteiger partial charge is 0.489 e. The van der Waals surface area contributed by atoms with Crippen LogP contribution in [0.25, 0.3) is 10.9 Å². The van der Waals surface area contributed by atoms with E-state index >= 15 is 0 Å². The maximum atomic E-state index is 12.8. The van der Waals surface area contributed by atoms with Crippen molar-refractivity contribution in [2.24, 2.45) is 0 Å². The minimum atomic E-state index is -0.593. The molecule has 1 amide bonds. The molecule has 0 aliphatic carbocycles. The number of hydrogen-bond donors (Lipinski definition) is 1. The van der Waals surface area contributed by atoms with Gasteiger partial charge in [0.1, 0.15) is 18.4 Å². The van der Waals surface area contributed by atoms with E-state index in [4.69, 9.17) is 4.74 Å². The van der Waals surface area contributed by atoms with Crippen molar-refractivity contribution in [1.29, 1.82) is 0 Å². The highest BCUT2D eigenvalue weighted by molar-refractivity contribution is 5.94. The number of nitrogens with zero attached hydrogens (tertiary/aromatic N) is 2. The fourth-order valence-electron chi connectivity index (χ4n) is 3.17. The van der Waals surface area contributed by atoms with Gasteiger partial charge in [-0.25, -0.2) is 0 Å². The molecule has 0 fully saturated rings. The van der Waals surface area contributed by atoms with Crippen molar-refractivity contribution in [2.45, 2.75) is 19.6 Å². The van der Waals surface area contributed by atoms with Crippen molar-refractivity contribution in [3.05, 3.63) is 101 Å². The van der Waals surface area contributed by atoms with Crippen molar-refractivity contribution in [3.8, 4) is 5.75 Å². The molecule has 0 spiro atoms. The first kappa shape index (κ1) is 19.4. The zero-order valence-corrected chi connectivity index (χ0v) is 16.5. The molecule has 4 aromatic rings. The second-order valence-corrected chi connectivity index (χ2v) is 6.93. The lowest BCUT2D eigenvalue weighted by atomic mass is 10.2. The van der Waals surface area contributed by atoms with Gasteiger partial charge in [-0.1, -0.05) is 42.5 Å². The molecule has 0 unspecified atom stereocenters. The molecule has 150 valence electrons. The van der Waals surface area contributed by atoms with Gasteiger partial charge in [0, 0.05) is 11.1 Å². The Morgan fingerprint density at radius 2 is 1.70 bits per heavy atom. The third kappa shape index (κ3) is 4.22. The maximum absolute atomic E-state index is 12.8. The molecule has 3 aromatic carbocycles. The lowest BCUT2D eigenvalue weighted by molar-refractivity contribution is -0.119. The number of benzene rings is 3. The molecule has 6 heteroatoms. The van der Waals surface area contributed by atoms with E-state index in [0.29, 0.717) is 23.2 Å². The number of ether oxygens (including phenoxy) is 1. The number of carbonyl (C=O) groups is 1. The molecule has 1 aromatic heterocycles. The average molecular weight is 399 g/mol. The van der Waals surface area contributed by atoms with Crippen molar-refractivity contribution in [2.75, 3.05) is 5.32 Å². The van der Waals surface area contributed by atoms with Gasteiger partial charge in [-0.15, -0.1) is 0 Å². The van der Waals surface area contributed by atoms with Gasteiger partial charge in [0.05, 0.1) is 11.7 Å². The van der Waals surface area contributed by atoms with Crippen molar-refractivity contribution < 1.29 is 9.53 Å². The molecule has 0 saturated heterocycles. The Morgan fingerprint density at radius 3 is 2.47 bits per heavy atom. The molecule has 0 aliphatic heterocycles. The minimum Gasteiger partial charge on any atom is -0.489 e. The summed E-state index contributed by atoms with van der Waals surface area (Å²) in [6.45, 7) is 2.23. The summed E-state index contributed by atoms with van der Waals surface area (Å²) in [6.07, 6.45) is 1.24. The zero-order chi connectivity index (χ0) is 20.9. The predicted octanol–water partition coefficient (Wildman–Crippen LogP) is 4.18. The minimum absolute atomic E-state index is 0.166. The number of nitrogens with one attached hydrogen (secondary N) is 1. The van der Waals surface area contributed by atoms with Gasteiger partial charge in [0.15, 0.2) is 0 Å². The Bertz CT molecular complexity index is 1220. The van der Waals surface area contributed by atoms with Crippen LogP contribution in [-0.2, 0) is 11.4 Å². The van der Waals surface area contributed by atoms with E-state index in [1.54, 1.807) is 41.9 Å². The van der Waals surface area contributed by atoms with Crippen molar-refractivity contribution in [3.63, 3.8) is 0 Å². The van der Waals surface area contributed by atoms with Crippen LogP contribution in [0.15, 0.2) is 89.9 Å². The topological polar surface area (TPSA) is 73.2 Å². The lowest BCUT2D eigenvalue weighted by Crippen LogP contribution is -2.26. The molecule has 1 heterocycles.